The number of benzene rings is 2. The Balaban J connectivity index is 1.15. The smallest absolute Gasteiger partial charge is 0.270 e. The highest BCUT2D eigenvalue weighted by Crippen LogP contribution is 2.18. The Kier molecular flexibility index (Phi) is 6.54. The molecule has 1 N–H and O–H groups in total. The second kappa shape index (κ2) is 9.67. The number of carbonyl (C=O) groups is 1. The Morgan fingerprint density at radius 2 is 1.70 bits per heavy atom. The van der Waals surface area contributed by atoms with Crippen LogP contribution in [0.4, 0.5) is 0 Å². The zero-order chi connectivity index (χ0) is 20.8. The summed E-state index contributed by atoms with van der Waals surface area (Å²) in [5, 5.41) is 1.08. The summed E-state index contributed by atoms with van der Waals surface area (Å²) >= 11 is 0. The van der Waals surface area contributed by atoms with Gasteiger partial charge in [0.05, 0.1) is 13.7 Å². The van der Waals surface area contributed by atoms with Crippen LogP contribution < -0.4 is 9.47 Å². The lowest BCUT2D eigenvalue weighted by Crippen LogP contribution is -2.48. The maximum absolute atomic E-state index is 12.8. The average molecular weight is 408 g/mol. The van der Waals surface area contributed by atoms with Crippen LogP contribution in [0.15, 0.2) is 54.6 Å². The van der Waals surface area contributed by atoms with Gasteiger partial charge in [0.2, 0.25) is 0 Å². The molecule has 3 aromatic rings. The van der Waals surface area contributed by atoms with Gasteiger partial charge in [-0.1, -0.05) is 18.2 Å². The monoisotopic (exact) mass is 407 g/mol. The Morgan fingerprint density at radius 3 is 2.43 bits per heavy atom. The highest BCUT2D eigenvalue weighted by Gasteiger charge is 2.22. The number of piperazine rings is 1. The molecule has 0 aliphatic carbocycles. The van der Waals surface area contributed by atoms with E-state index >= 15 is 0 Å². The molecule has 158 valence electrons. The van der Waals surface area contributed by atoms with Crippen LogP contribution >= 0.6 is 0 Å². The van der Waals surface area contributed by atoms with Crippen LogP contribution in [0.25, 0.3) is 10.9 Å². The van der Waals surface area contributed by atoms with Gasteiger partial charge < -0.3 is 19.4 Å². The van der Waals surface area contributed by atoms with Crippen molar-refractivity contribution < 1.29 is 14.3 Å². The van der Waals surface area contributed by atoms with E-state index in [2.05, 4.69) is 9.88 Å². The van der Waals surface area contributed by atoms with E-state index in [0.717, 1.165) is 68.0 Å². The molecule has 0 saturated carbocycles. The van der Waals surface area contributed by atoms with E-state index in [1.807, 2.05) is 59.5 Å². The van der Waals surface area contributed by atoms with Crippen molar-refractivity contribution in [3.63, 3.8) is 0 Å². The Hall–Kier alpha value is -2.99. The molecule has 1 aromatic heterocycles. The average Bonchev–Trinajstić information content (AvgIpc) is 3.23. The van der Waals surface area contributed by atoms with Crippen LogP contribution in [0.1, 0.15) is 23.3 Å². The molecule has 2 aromatic carbocycles. The summed E-state index contributed by atoms with van der Waals surface area (Å²) < 4.78 is 10.9. The minimum atomic E-state index is 0.0961. The lowest BCUT2D eigenvalue weighted by molar-refractivity contribution is 0.0629. The minimum absolute atomic E-state index is 0.0961. The van der Waals surface area contributed by atoms with E-state index in [1.165, 1.54) is 0 Å². The van der Waals surface area contributed by atoms with Crippen LogP contribution in [-0.2, 0) is 0 Å². The first-order valence-electron chi connectivity index (χ1n) is 10.6. The standard InChI is InChI=1S/C24H29N3O3/c1-29-20-8-10-21(11-9-20)30-17-5-4-12-26-13-15-27(16-14-26)24(28)23-18-19-6-2-3-7-22(19)25-23/h2-3,6-11,18,25H,4-5,12-17H2,1H3. The van der Waals surface area contributed by atoms with Crippen molar-refractivity contribution in [1.29, 1.82) is 0 Å². The van der Waals surface area contributed by atoms with Crippen molar-refractivity contribution in [1.82, 2.24) is 14.8 Å². The van der Waals surface area contributed by atoms with Crippen molar-refractivity contribution in [2.24, 2.45) is 0 Å². The molecule has 6 heteroatoms. The number of amides is 1. The van der Waals surface area contributed by atoms with Crippen molar-refractivity contribution in [2.75, 3.05) is 46.4 Å². The van der Waals surface area contributed by atoms with E-state index in [1.54, 1.807) is 7.11 Å². The third kappa shape index (κ3) is 4.94. The number of ether oxygens (including phenoxy) is 2. The SMILES string of the molecule is COc1ccc(OCCCCN2CCN(C(=O)c3cc4ccccc4[nH]3)CC2)cc1. The number of aromatic amines is 1. The van der Waals surface area contributed by atoms with Crippen molar-refractivity contribution >= 4 is 16.8 Å². The minimum Gasteiger partial charge on any atom is -0.497 e. The Morgan fingerprint density at radius 1 is 0.967 bits per heavy atom. The summed E-state index contributed by atoms with van der Waals surface area (Å²) in [4.78, 5) is 20.4. The number of H-pyrrole nitrogens is 1. The molecule has 6 nitrogen and oxygen atoms in total. The molecule has 2 heterocycles. The summed E-state index contributed by atoms with van der Waals surface area (Å²) in [6, 6.07) is 17.6. The predicted molar refractivity (Wildman–Crippen MR) is 118 cm³/mol. The van der Waals surface area contributed by atoms with Gasteiger partial charge >= 0.3 is 0 Å². The number of hydrogen-bond acceptors (Lipinski definition) is 4. The predicted octanol–water partition coefficient (Wildman–Crippen LogP) is 3.79. The molecule has 1 aliphatic rings. The first-order chi connectivity index (χ1) is 14.7. The van der Waals surface area contributed by atoms with Gasteiger partial charge in [-0.05, 0) is 55.8 Å². The largest absolute Gasteiger partial charge is 0.497 e. The fourth-order valence-electron chi connectivity index (χ4n) is 3.83. The van der Waals surface area contributed by atoms with Gasteiger partial charge in [0.25, 0.3) is 5.91 Å². The summed E-state index contributed by atoms with van der Waals surface area (Å²) in [5.41, 5.74) is 1.69. The second-order valence-corrected chi connectivity index (χ2v) is 7.64. The molecule has 4 rings (SSSR count). The molecule has 0 radical (unpaired) electrons. The highest BCUT2D eigenvalue weighted by molar-refractivity contribution is 5.98. The summed E-state index contributed by atoms with van der Waals surface area (Å²) in [6.07, 6.45) is 2.10. The zero-order valence-electron chi connectivity index (χ0n) is 17.5. The summed E-state index contributed by atoms with van der Waals surface area (Å²) in [6.45, 7) is 5.15. The highest BCUT2D eigenvalue weighted by atomic mass is 16.5. The number of carbonyl (C=O) groups excluding carboxylic acids is 1. The van der Waals surface area contributed by atoms with Gasteiger partial charge in [-0.3, -0.25) is 9.69 Å². The molecular formula is C24H29N3O3. The fraction of sp³-hybridized carbons (Fsp3) is 0.375. The molecular weight excluding hydrogens is 378 g/mol. The zero-order valence-corrected chi connectivity index (χ0v) is 17.5. The molecule has 1 saturated heterocycles. The Bertz CT molecular complexity index is 926. The van der Waals surface area contributed by atoms with Crippen LogP contribution in [0.5, 0.6) is 11.5 Å². The van der Waals surface area contributed by atoms with E-state index in [0.29, 0.717) is 12.3 Å². The van der Waals surface area contributed by atoms with Gasteiger partial charge in [-0.25, -0.2) is 0 Å². The molecule has 30 heavy (non-hydrogen) atoms. The van der Waals surface area contributed by atoms with E-state index in [9.17, 15) is 4.79 Å². The third-order valence-corrected chi connectivity index (χ3v) is 5.62. The number of nitrogens with one attached hydrogen (secondary N) is 1. The molecule has 0 unspecified atom stereocenters. The second-order valence-electron chi connectivity index (χ2n) is 7.64. The number of fused-ring (bicyclic) bond motifs is 1. The van der Waals surface area contributed by atoms with Gasteiger partial charge in [0.1, 0.15) is 17.2 Å². The topological polar surface area (TPSA) is 57.8 Å². The van der Waals surface area contributed by atoms with E-state index in [4.69, 9.17) is 9.47 Å². The maximum Gasteiger partial charge on any atom is 0.270 e. The van der Waals surface area contributed by atoms with Crippen molar-refractivity contribution in [3.8, 4) is 11.5 Å². The quantitative estimate of drug-likeness (QED) is 0.577. The number of nitrogens with zero attached hydrogens (tertiary/aromatic N) is 2. The molecule has 0 spiro atoms. The number of rotatable bonds is 8. The van der Waals surface area contributed by atoms with Crippen LogP contribution in [0.2, 0.25) is 0 Å². The summed E-state index contributed by atoms with van der Waals surface area (Å²) in [7, 11) is 1.66. The number of methoxy groups -OCH3 is 1. The molecule has 0 bridgehead atoms. The number of hydrogen-bond donors (Lipinski definition) is 1. The van der Waals surface area contributed by atoms with Gasteiger partial charge in [-0.15, -0.1) is 0 Å². The van der Waals surface area contributed by atoms with Gasteiger partial charge in [0, 0.05) is 37.1 Å². The first-order valence-corrected chi connectivity index (χ1v) is 10.6. The lowest BCUT2D eigenvalue weighted by Gasteiger charge is -2.34. The molecule has 1 amide bonds. The van der Waals surface area contributed by atoms with Gasteiger partial charge in [-0.2, -0.15) is 0 Å². The number of unbranched alkanes of at least 4 members (excludes halogenated alkanes) is 1. The normalized spacial score (nSPS) is 14.8. The first kappa shape index (κ1) is 20.3. The number of aromatic nitrogens is 1. The van der Waals surface area contributed by atoms with Crippen LogP contribution in [-0.4, -0.2) is 67.1 Å². The molecule has 0 atom stereocenters. The summed E-state index contributed by atoms with van der Waals surface area (Å²) in [5.74, 6) is 1.81. The third-order valence-electron chi connectivity index (χ3n) is 5.62. The van der Waals surface area contributed by atoms with E-state index < -0.39 is 0 Å². The molecule has 1 fully saturated rings. The van der Waals surface area contributed by atoms with Crippen molar-refractivity contribution in [2.45, 2.75) is 12.8 Å². The van der Waals surface area contributed by atoms with Gasteiger partial charge in [0.15, 0.2) is 0 Å². The fourth-order valence-corrected chi connectivity index (χ4v) is 3.83. The lowest BCUT2D eigenvalue weighted by atomic mass is 10.2. The van der Waals surface area contributed by atoms with Crippen molar-refractivity contribution in [3.05, 3.63) is 60.3 Å². The number of para-hydroxylation sites is 1. The van der Waals surface area contributed by atoms with E-state index in [-0.39, 0.29) is 5.91 Å². The van der Waals surface area contributed by atoms with Crippen LogP contribution in [0.3, 0.4) is 0 Å². The Labute approximate surface area is 177 Å². The maximum atomic E-state index is 12.8. The van der Waals surface area contributed by atoms with Crippen LogP contribution in [0, 0.1) is 0 Å². The molecule has 1 aliphatic heterocycles.